The standard InChI is InChI=1S/2C6H9NO/c1-3-6-7-5(2)4-8-6;1-3-6-7-4-5(2)8-6/h2*3,5H,1,4H2,2H3. The van der Waals surface area contributed by atoms with Crippen molar-refractivity contribution in [3.05, 3.63) is 25.3 Å². The van der Waals surface area contributed by atoms with Gasteiger partial charge in [-0.25, -0.2) is 9.98 Å². The minimum Gasteiger partial charge on any atom is -0.476 e. The van der Waals surface area contributed by atoms with E-state index in [4.69, 9.17) is 9.47 Å². The van der Waals surface area contributed by atoms with Crippen molar-refractivity contribution in [3.63, 3.8) is 0 Å². The van der Waals surface area contributed by atoms with Crippen LogP contribution in [0.5, 0.6) is 0 Å². The summed E-state index contributed by atoms with van der Waals surface area (Å²) in [5.74, 6) is 1.36. The lowest BCUT2D eigenvalue weighted by Gasteiger charge is -1.99. The fourth-order valence-corrected chi connectivity index (χ4v) is 1.22. The maximum Gasteiger partial charge on any atom is 0.208 e. The average Bonchev–Trinajstić information content (AvgIpc) is 2.88. The first-order valence-corrected chi connectivity index (χ1v) is 5.32. The fourth-order valence-electron chi connectivity index (χ4n) is 1.22. The third-order valence-corrected chi connectivity index (χ3v) is 2.00. The first kappa shape index (κ1) is 12.5. The van der Waals surface area contributed by atoms with Gasteiger partial charge >= 0.3 is 0 Å². The highest BCUT2D eigenvalue weighted by molar-refractivity contribution is 5.88. The third kappa shape index (κ3) is 3.88. The number of rotatable bonds is 2. The molecule has 0 aromatic heterocycles. The second-order valence-corrected chi connectivity index (χ2v) is 3.64. The summed E-state index contributed by atoms with van der Waals surface area (Å²) in [5, 5.41) is 0. The van der Waals surface area contributed by atoms with Gasteiger partial charge in [0.1, 0.15) is 12.7 Å². The molecule has 0 aliphatic carbocycles. The third-order valence-electron chi connectivity index (χ3n) is 2.00. The van der Waals surface area contributed by atoms with Gasteiger partial charge in [0.15, 0.2) is 0 Å². The highest BCUT2D eigenvalue weighted by atomic mass is 16.5. The largest absolute Gasteiger partial charge is 0.476 e. The SMILES string of the molecule is C=CC1=NC(C)CO1.C=CC1=NCC(C)O1. The molecule has 0 spiro atoms. The van der Waals surface area contributed by atoms with Crippen LogP contribution >= 0.6 is 0 Å². The normalized spacial score (nSPS) is 26.6. The van der Waals surface area contributed by atoms with Crippen molar-refractivity contribution in [1.82, 2.24) is 0 Å². The van der Waals surface area contributed by atoms with E-state index in [2.05, 4.69) is 23.1 Å². The highest BCUT2D eigenvalue weighted by Gasteiger charge is 2.10. The fraction of sp³-hybridized carbons (Fsp3) is 0.500. The van der Waals surface area contributed by atoms with Crippen LogP contribution in [0, 0.1) is 0 Å². The van der Waals surface area contributed by atoms with Crippen LogP contribution in [0.3, 0.4) is 0 Å². The molecule has 0 saturated carbocycles. The Morgan fingerprint density at radius 3 is 2.19 bits per heavy atom. The summed E-state index contributed by atoms with van der Waals surface area (Å²) in [5.41, 5.74) is 0. The molecular weight excluding hydrogens is 204 g/mol. The number of aliphatic imine (C=N–C) groups is 2. The second-order valence-electron chi connectivity index (χ2n) is 3.64. The van der Waals surface area contributed by atoms with Crippen LogP contribution in [-0.2, 0) is 9.47 Å². The van der Waals surface area contributed by atoms with Crippen molar-refractivity contribution < 1.29 is 9.47 Å². The van der Waals surface area contributed by atoms with Gasteiger partial charge in [-0.05, 0) is 26.0 Å². The first-order valence-electron chi connectivity index (χ1n) is 5.32. The van der Waals surface area contributed by atoms with Gasteiger partial charge < -0.3 is 9.47 Å². The zero-order valence-electron chi connectivity index (χ0n) is 9.85. The molecule has 2 unspecified atom stereocenters. The van der Waals surface area contributed by atoms with Gasteiger partial charge in [-0.1, -0.05) is 13.2 Å². The maximum absolute atomic E-state index is 5.14. The lowest BCUT2D eigenvalue weighted by molar-refractivity contribution is 0.247. The topological polar surface area (TPSA) is 43.2 Å². The van der Waals surface area contributed by atoms with Gasteiger partial charge in [0.25, 0.3) is 0 Å². The van der Waals surface area contributed by atoms with Crippen molar-refractivity contribution >= 4 is 11.8 Å². The van der Waals surface area contributed by atoms with Crippen LogP contribution in [0.2, 0.25) is 0 Å². The monoisotopic (exact) mass is 222 g/mol. The van der Waals surface area contributed by atoms with Gasteiger partial charge in [0.05, 0.1) is 12.6 Å². The Kier molecular flexibility index (Phi) is 4.76. The first-order chi connectivity index (χ1) is 7.65. The number of nitrogens with zero attached hydrogens (tertiary/aromatic N) is 2. The molecule has 88 valence electrons. The summed E-state index contributed by atoms with van der Waals surface area (Å²) in [7, 11) is 0. The van der Waals surface area contributed by atoms with Crippen LogP contribution in [0.1, 0.15) is 13.8 Å². The molecule has 2 atom stereocenters. The molecule has 0 radical (unpaired) electrons. The quantitative estimate of drug-likeness (QED) is 0.717. The van der Waals surface area contributed by atoms with Crippen LogP contribution in [-0.4, -0.2) is 37.1 Å². The number of ether oxygens (including phenoxy) is 2. The van der Waals surface area contributed by atoms with Crippen molar-refractivity contribution in [1.29, 1.82) is 0 Å². The summed E-state index contributed by atoms with van der Waals surface area (Å²) < 4.78 is 10.2. The Labute approximate surface area is 96.4 Å². The average molecular weight is 222 g/mol. The molecule has 16 heavy (non-hydrogen) atoms. The molecule has 4 nitrogen and oxygen atoms in total. The minimum absolute atomic E-state index is 0.253. The lowest BCUT2D eigenvalue weighted by atomic mass is 10.4. The van der Waals surface area contributed by atoms with E-state index in [0.29, 0.717) is 24.4 Å². The number of hydrogen-bond acceptors (Lipinski definition) is 4. The molecule has 4 heteroatoms. The zero-order valence-corrected chi connectivity index (χ0v) is 9.85. The predicted molar refractivity (Wildman–Crippen MR) is 66.1 cm³/mol. The van der Waals surface area contributed by atoms with Gasteiger partial charge in [-0.3, -0.25) is 0 Å². The van der Waals surface area contributed by atoms with Gasteiger partial charge in [0.2, 0.25) is 11.8 Å². The Morgan fingerprint density at radius 2 is 1.94 bits per heavy atom. The molecule has 2 aliphatic rings. The molecule has 0 saturated heterocycles. The van der Waals surface area contributed by atoms with E-state index < -0.39 is 0 Å². The molecule has 0 N–H and O–H groups in total. The van der Waals surface area contributed by atoms with Crippen molar-refractivity contribution in [2.45, 2.75) is 26.0 Å². The Morgan fingerprint density at radius 1 is 1.25 bits per heavy atom. The number of hydrogen-bond donors (Lipinski definition) is 0. The molecule has 0 aromatic rings. The Bertz CT molecular complexity index is 321. The van der Waals surface area contributed by atoms with Gasteiger partial charge in [0, 0.05) is 0 Å². The minimum atomic E-state index is 0.253. The smallest absolute Gasteiger partial charge is 0.208 e. The van der Waals surface area contributed by atoms with Crippen LogP contribution in [0.15, 0.2) is 35.3 Å². The summed E-state index contributed by atoms with van der Waals surface area (Å²) in [4.78, 5) is 8.09. The summed E-state index contributed by atoms with van der Waals surface area (Å²) in [6.07, 6.45) is 3.51. The molecular formula is C12H18N2O2. The summed E-state index contributed by atoms with van der Waals surface area (Å²) in [6.45, 7) is 12.5. The van der Waals surface area contributed by atoms with E-state index in [9.17, 15) is 0 Å². The van der Waals surface area contributed by atoms with Crippen molar-refractivity contribution in [3.8, 4) is 0 Å². The van der Waals surface area contributed by atoms with Crippen molar-refractivity contribution in [2.75, 3.05) is 13.2 Å². The van der Waals surface area contributed by atoms with Gasteiger partial charge in [-0.2, -0.15) is 0 Å². The summed E-state index contributed by atoms with van der Waals surface area (Å²) in [6, 6.07) is 0.322. The Hall–Kier alpha value is -1.58. The van der Waals surface area contributed by atoms with E-state index in [-0.39, 0.29) is 6.10 Å². The summed E-state index contributed by atoms with van der Waals surface area (Å²) >= 11 is 0. The highest BCUT2D eigenvalue weighted by Crippen LogP contribution is 2.03. The van der Waals surface area contributed by atoms with E-state index in [1.807, 2.05) is 13.8 Å². The molecule has 0 fully saturated rings. The van der Waals surface area contributed by atoms with Crippen LogP contribution < -0.4 is 0 Å². The van der Waals surface area contributed by atoms with Crippen LogP contribution in [0.4, 0.5) is 0 Å². The van der Waals surface area contributed by atoms with E-state index in [1.165, 1.54) is 0 Å². The predicted octanol–water partition coefficient (Wildman–Crippen LogP) is 1.98. The maximum atomic E-state index is 5.14. The Balaban J connectivity index is 0.000000160. The van der Waals surface area contributed by atoms with E-state index >= 15 is 0 Å². The molecule has 0 aromatic carbocycles. The van der Waals surface area contributed by atoms with Crippen LogP contribution in [0.25, 0.3) is 0 Å². The molecule has 2 heterocycles. The molecule has 0 amide bonds. The molecule has 2 rings (SSSR count). The lowest BCUT2D eigenvalue weighted by Crippen LogP contribution is -2.05. The zero-order chi connectivity index (χ0) is 12.0. The van der Waals surface area contributed by atoms with E-state index in [1.54, 1.807) is 12.2 Å². The second kappa shape index (κ2) is 6.10. The molecule has 2 aliphatic heterocycles. The molecule has 0 bridgehead atoms. The van der Waals surface area contributed by atoms with Crippen molar-refractivity contribution in [2.24, 2.45) is 9.98 Å². The van der Waals surface area contributed by atoms with E-state index in [0.717, 1.165) is 6.54 Å². The van der Waals surface area contributed by atoms with Gasteiger partial charge in [-0.15, -0.1) is 0 Å².